The lowest BCUT2D eigenvalue weighted by Gasteiger charge is -2.40. The summed E-state index contributed by atoms with van der Waals surface area (Å²) in [5.74, 6) is 0.661. The molecule has 146 valence electrons. The smallest absolute Gasteiger partial charge is 0.244 e. The molecule has 3 rings (SSSR count). The largest absolute Gasteiger partial charge is 0.380 e. The van der Waals surface area contributed by atoms with E-state index in [1.165, 1.54) is 6.07 Å². The molecular formula is C18H26Cl2N2O3S. The second-order valence-corrected chi connectivity index (χ2v) is 10.3. The molecule has 8 heteroatoms. The van der Waals surface area contributed by atoms with Crippen molar-refractivity contribution in [2.45, 2.75) is 36.8 Å². The second-order valence-electron chi connectivity index (χ2n) is 7.60. The summed E-state index contributed by atoms with van der Waals surface area (Å²) in [6.07, 6.45) is 1.95. The van der Waals surface area contributed by atoms with Gasteiger partial charge < -0.3 is 9.64 Å². The Bertz CT molecular complexity index is 785. The molecule has 0 amide bonds. The average Bonchev–Trinajstić information content (AvgIpc) is 3.02. The third-order valence-electron chi connectivity index (χ3n) is 5.92. The van der Waals surface area contributed by atoms with Crippen LogP contribution in [0.3, 0.4) is 0 Å². The molecule has 1 aliphatic carbocycles. The van der Waals surface area contributed by atoms with Crippen LogP contribution < -0.4 is 0 Å². The Morgan fingerprint density at radius 2 is 1.77 bits per heavy atom. The SMILES string of the molecule is CO[C@@H]1C[C@H]2CN(S(=O)(=O)c3ccc(Cl)c(C)c3Cl)C[C@H]2C[C@H]1N(C)C. The third kappa shape index (κ3) is 3.52. The summed E-state index contributed by atoms with van der Waals surface area (Å²) < 4.78 is 33.6. The summed E-state index contributed by atoms with van der Waals surface area (Å²) in [6, 6.07) is 3.42. The van der Waals surface area contributed by atoms with E-state index in [0.717, 1.165) is 12.8 Å². The van der Waals surface area contributed by atoms with Gasteiger partial charge in [0.25, 0.3) is 0 Å². The number of ether oxygens (including phenoxy) is 1. The van der Waals surface area contributed by atoms with Gasteiger partial charge in [0.15, 0.2) is 0 Å². The van der Waals surface area contributed by atoms with Gasteiger partial charge in [0.05, 0.1) is 11.1 Å². The van der Waals surface area contributed by atoms with E-state index in [4.69, 9.17) is 27.9 Å². The molecule has 1 saturated heterocycles. The average molecular weight is 421 g/mol. The monoisotopic (exact) mass is 420 g/mol. The van der Waals surface area contributed by atoms with Crippen LogP contribution in [0.25, 0.3) is 0 Å². The van der Waals surface area contributed by atoms with Gasteiger partial charge in [-0.05, 0) is 63.4 Å². The van der Waals surface area contributed by atoms with Gasteiger partial charge in [-0.2, -0.15) is 4.31 Å². The van der Waals surface area contributed by atoms with Crippen LogP contribution in [0.1, 0.15) is 18.4 Å². The van der Waals surface area contributed by atoms with Gasteiger partial charge in [-0.3, -0.25) is 0 Å². The normalized spacial score (nSPS) is 30.0. The minimum absolute atomic E-state index is 0.135. The van der Waals surface area contributed by atoms with Crippen LogP contribution in [-0.4, -0.2) is 64.1 Å². The minimum atomic E-state index is -3.64. The zero-order chi connectivity index (χ0) is 19.2. The lowest BCUT2D eigenvalue weighted by atomic mass is 9.77. The quantitative estimate of drug-likeness (QED) is 0.749. The van der Waals surface area contributed by atoms with Crippen molar-refractivity contribution in [2.24, 2.45) is 11.8 Å². The summed E-state index contributed by atoms with van der Waals surface area (Å²) in [5.41, 5.74) is 0.596. The van der Waals surface area contributed by atoms with Gasteiger partial charge in [0, 0.05) is 31.3 Å². The van der Waals surface area contributed by atoms with Crippen LogP contribution in [-0.2, 0) is 14.8 Å². The third-order valence-corrected chi connectivity index (χ3v) is 8.80. The van der Waals surface area contributed by atoms with Crippen LogP contribution in [0, 0.1) is 18.8 Å². The van der Waals surface area contributed by atoms with E-state index in [1.807, 2.05) is 0 Å². The Morgan fingerprint density at radius 3 is 2.35 bits per heavy atom. The highest BCUT2D eigenvalue weighted by atomic mass is 35.5. The van der Waals surface area contributed by atoms with Gasteiger partial charge >= 0.3 is 0 Å². The number of hydrogen-bond acceptors (Lipinski definition) is 4. The minimum Gasteiger partial charge on any atom is -0.380 e. The molecule has 1 heterocycles. The van der Waals surface area contributed by atoms with Crippen molar-refractivity contribution < 1.29 is 13.2 Å². The zero-order valence-electron chi connectivity index (χ0n) is 15.6. The van der Waals surface area contributed by atoms with Gasteiger partial charge in [0.1, 0.15) is 4.90 Å². The fourth-order valence-corrected chi connectivity index (χ4v) is 6.65. The first-order chi connectivity index (χ1) is 12.2. The molecule has 0 unspecified atom stereocenters. The number of likely N-dealkylation sites (N-methyl/N-ethyl adjacent to an activating group) is 1. The van der Waals surface area contributed by atoms with Crippen molar-refractivity contribution in [1.82, 2.24) is 9.21 Å². The van der Waals surface area contributed by atoms with Crippen LogP contribution in [0.4, 0.5) is 0 Å². The lowest BCUT2D eigenvalue weighted by molar-refractivity contribution is -0.0209. The van der Waals surface area contributed by atoms with Crippen LogP contribution in [0.2, 0.25) is 10.0 Å². The summed E-state index contributed by atoms with van der Waals surface area (Å²) in [7, 11) is 2.20. The number of hydrogen-bond donors (Lipinski definition) is 0. The predicted octanol–water partition coefficient (Wildman–Crippen LogP) is 3.28. The van der Waals surface area contributed by atoms with E-state index >= 15 is 0 Å². The molecule has 5 nitrogen and oxygen atoms in total. The van der Waals surface area contributed by atoms with Gasteiger partial charge in [-0.25, -0.2) is 8.42 Å². The van der Waals surface area contributed by atoms with E-state index in [1.54, 1.807) is 24.4 Å². The predicted molar refractivity (Wildman–Crippen MR) is 104 cm³/mol. The maximum atomic E-state index is 13.2. The number of sulfonamides is 1. The first-order valence-electron chi connectivity index (χ1n) is 8.80. The van der Waals surface area contributed by atoms with Gasteiger partial charge in [0.2, 0.25) is 10.0 Å². The topological polar surface area (TPSA) is 49.9 Å². The molecular weight excluding hydrogens is 395 g/mol. The van der Waals surface area contributed by atoms with Crippen molar-refractivity contribution in [3.8, 4) is 0 Å². The summed E-state index contributed by atoms with van der Waals surface area (Å²) in [6.45, 7) is 2.79. The van der Waals surface area contributed by atoms with Crippen molar-refractivity contribution in [3.05, 3.63) is 27.7 Å². The van der Waals surface area contributed by atoms with Crippen molar-refractivity contribution >= 4 is 33.2 Å². The number of rotatable bonds is 4. The Balaban J connectivity index is 1.85. The Morgan fingerprint density at radius 1 is 1.15 bits per heavy atom. The molecule has 0 radical (unpaired) electrons. The van der Waals surface area contributed by atoms with Crippen LogP contribution in [0.15, 0.2) is 17.0 Å². The fourth-order valence-electron chi connectivity index (χ4n) is 4.32. The molecule has 1 aromatic carbocycles. The Kier molecular flexibility index (Phi) is 5.93. The molecule has 0 aromatic heterocycles. The zero-order valence-corrected chi connectivity index (χ0v) is 17.9. The molecule has 2 fully saturated rings. The standard InChI is InChI=1S/C18H26Cl2N2O3S/c1-11-14(19)5-6-17(18(11)20)26(23,24)22-9-12-7-15(21(2)3)16(25-4)8-13(12)10-22/h5-6,12-13,15-16H,7-10H2,1-4H3/t12-,13+,15-,16-/m1/s1. The maximum Gasteiger partial charge on any atom is 0.244 e. The number of benzene rings is 1. The van der Waals surface area contributed by atoms with E-state index < -0.39 is 10.0 Å². The molecule has 0 bridgehead atoms. The summed E-state index contributed by atoms with van der Waals surface area (Å²) >= 11 is 12.4. The van der Waals surface area contributed by atoms with Gasteiger partial charge in [-0.15, -0.1) is 0 Å². The highest BCUT2D eigenvalue weighted by Gasteiger charge is 2.46. The van der Waals surface area contributed by atoms with E-state index in [2.05, 4.69) is 19.0 Å². The molecule has 0 spiro atoms. The van der Waals surface area contributed by atoms with E-state index in [-0.39, 0.29) is 16.0 Å². The Labute approximate surface area is 166 Å². The van der Waals surface area contributed by atoms with E-state index in [9.17, 15) is 8.42 Å². The highest BCUT2D eigenvalue weighted by molar-refractivity contribution is 7.89. The molecule has 4 atom stereocenters. The maximum absolute atomic E-state index is 13.2. The fraction of sp³-hybridized carbons (Fsp3) is 0.667. The van der Waals surface area contributed by atoms with Crippen molar-refractivity contribution in [1.29, 1.82) is 0 Å². The first-order valence-corrected chi connectivity index (χ1v) is 11.0. The molecule has 2 aliphatic rings. The molecule has 1 aromatic rings. The van der Waals surface area contributed by atoms with Gasteiger partial charge in [-0.1, -0.05) is 23.2 Å². The molecule has 1 saturated carbocycles. The van der Waals surface area contributed by atoms with E-state index in [0.29, 0.717) is 41.6 Å². The van der Waals surface area contributed by atoms with Crippen molar-refractivity contribution in [3.63, 3.8) is 0 Å². The number of halogens is 2. The second kappa shape index (κ2) is 7.57. The molecule has 26 heavy (non-hydrogen) atoms. The first kappa shape index (κ1) is 20.4. The van der Waals surface area contributed by atoms with Crippen LogP contribution in [0.5, 0.6) is 0 Å². The van der Waals surface area contributed by atoms with Crippen LogP contribution >= 0.6 is 23.2 Å². The number of fused-ring (bicyclic) bond motifs is 1. The number of methoxy groups -OCH3 is 1. The Hall–Kier alpha value is -0.370. The van der Waals surface area contributed by atoms with Crippen molar-refractivity contribution in [2.75, 3.05) is 34.3 Å². The highest BCUT2D eigenvalue weighted by Crippen LogP contribution is 2.41. The molecule has 1 aliphatic heterocycles. The number of nitrogens with zero attached hydrogens (tertiary/aromatic N) is 2. The summed E-state index contributed by atoms with van der Waals surface area (Å²) in [5, 5.41) is 0.689. The summed E-state index contributed by atoms with van der Waals surface area (Å²) in [4.78, 5) is 2.33. The lowest BCUT2D eigenvalue weighted by Crippen LogP contribution is -2.47. The molecule has 0 N–H and O–H groups in total.